The van der Waals surface area contributed by atoms with Gasteiger partial charge in [0.2, 0.25) is 6.79 Å². The third kappa shape index (κ3) is 4.44. The predicted molar refractivity (Wildman–Crippen MR) is 140 cm³/mol. The number of nitrogens with zero attached hydrogens (tertiary/aromatic N) is 3. The first-order valence-corrected chi connectivity index (χ1v) is 12.3. The number of amides is 1. The zero-order chi connectivity index (χ0) is 25.5. The largest absolute Gasteiger partial charge is 0.454 e. The summed E-state index contributed by atoms with van der Waals surface area (Å²) in [5.41, 5.74) is 2.57. The van der Waals surface area contributed by atoms with E-state index in [1.54, 1.807) is 35.2 Å². The van der Waals surface area contributed by atoms with Crippen molar-refractivity contribution in [3.8, 4) is 11.5 Å². The Bertz CT molecular complexity index is 1620. The molecule has 4 aromatic rings. The molecule has 1 amide bonds. The number of halogens is 1. The third-order valence-corrected chi connectivity index (χ3v) is 7.09. The number of carbonyl (C=O) groups is 1. The molecule has 188 valence electrons. The minimum atomic E-state index is -0.271. The van der Waals surface area contributed by atoms with Gasteiger partial charge in [-0.3, -0.25) is 14.2 Å². The van der Waals surface area contributed by atoms with Crippen LogP contribution in [0.15, 0.2) is 65.5 Å². The van der Waals surface area contributed by atoms with Crippen molar-refractivity contribution >= 4 is 34.7 Å². The quantitative estimate of drug-likeness (QED) is 0.413. The normalized spacial score (nSPS) is 14.8. The maximum absolute atomic E-state index is 13.3. The Morgan fingerprint density at radius 3 is 2.49 bits per heavy atom. The van der Waals surface area contributed by atoms with E-state index < -0.39 is 0 Å². The highest BCUT2D eigenvalue weighted by Gasteiger charge is 2.23. The number of ether oxygens (including phenoxy) is 2. The molecule has 0 aliphatic carbocycles. The van der Waals surface area contributed by atoms with Crippen molar-refractivity contribution in [3.63, 3.8) is 0 Å². The maximum Gasteiger partial charge on any atom is 0.262 e. The summed E-state index contributed by atoms with van der Waals surface area (Å²) >= 11 is 5.49. The highest BCUT2D eigenvalue weighted by Crippen LogP contribution is 2.32. The molecular weight excluding hydrogens is 495 g/mol. The van der Waals surface area contributed by atoms with Crippen LogP contribution < -0.4 is 19.9 Å². The molecule has 10 heteroatoms. The summed E-state index contributed by atoms with van der Waals surface area (Å²) in [5.74, 6) is 0.939. The Hall–Kier alpha value is -4.18. The second-order valence-electron chi connectivity index (χ2n) is 9.03. The zero-order valence-corrected chi connectivity index (χ0v) is 20.6. The number of H-pyrrole nitrogens is 1. The van der Waals surface area contributed by atoms with E-state index in [0.29, 0.717) is 54.1 Å². The van der Waals surface area contributed by atoms with Crippen molar-refractivity contribution in [2.45, 2.75) is 6.54 Å². The minimum Gasteiger partial charge on any atom is -0.454 e. The molecule has 0 radical (unpaired) electrons. The van der Waals surface area contributed by atoms with E-state index in [1.807, 2.05) is 18.2 Å². The van der Waals surface area contributed by atoms with E-state index in [0.717, 1.165) is 11.3 Å². The van der Waals surface area contributed by atoms with Gasteiger partial charge in [0.1, 0.15) is 5.82 Å². The van der Waals surface area contributed by atoms with Crippen LogP contribution >= 0.6 is 12.2 Å². The third-order valence-electron chi connectivity index (χ3n) is 6.77. The van der Waals surface area contributed by atoms with Gasteiger partial charge in [-0.05, 0) is 72.4 Å². The van der Waals surface area contributed by atoms with Gasteiger partial charge in [0.05, 0.1) is 17.4 Å². The lowest BCUT2D eigenvalue weighted by atomic mass is 10.1. The summed E-state index contributed by atoms with van der Waals surface area (Å²) in [6.07, 6.45) is 0. The highest BCUT2D eigenvalue weighted by atomic mass is 32.1. The van der Waals surface area contributed by atoms with Crippen molar-refractivity contribution in [1.29, 1.82) is 0 Å². The standard InChI is InChI=1S/C27H23FN4O4S/c28-19-3-5-20(6-4-19)30-9-11-31(12-10-30)25(33)18-2-7-21-22(14-18)29-27(37)32(26(21)34)15-17-1-8-23-24(13-17)36-16-35-23/h1-8,13-14H,9-12,15-16H2,(H,29,37). The summed E-state index contributed by atoms with van der Waals surface area (Å²) in [4.78, 5) is 33.5. The first-order valence-electron chi connectivity index (χ1n) is 11.9. The summed E-state index contributed by atoms with van der Waals surface area (Å²) in [5, 5.41) is 0.451. The van der Waals surface area contributed by atoms with Crippen LogP contribution in [0.4, 0.5) is 10.1 Å². The van der Waals surface area contributed by atoms with Crippen LogP contribution in [0.3, 0.4) is 0 Å². The molecular formula is C27H23FN4O4S. The van der Waals surface area contributed by atoms with Crippen LogP contribution in [0.1, 0.15) is 15.9 Å². The van der Waals surface area contributed by atoms with Gasteiger partial charge in [-0.15, -0.1) is 0 Å². The molecule has 0 spiro atoms. The van der Waals surface area contributed by atoms with E-state index in [2.05, 4.69) is 9.88 Å². The molecule has 0 saturated carbocycles. The molecule has 6 rings (SSSR count). The number of aromatic nitrogens is 2. The van der Waals surface area contributed by atoms with Crippen LogP contribution in [0.25, 0.3) is 10.9 Å². The SMILES string of the molecule is O=C(c1ccc2c(=O)n(Cc3ccc4c(c3)OCO4)c(=S)[nH]c2c1)N1CCN(c2ccc(F)cc2)CC1. The molecule has 3 heterocycles. The van der Waals surface area contributed by atoms with Gasteiger partial charge in [0, 0.05) is 37.4 Å². The van der Waals surface area contributed by atoms with Gasteiger partial charge in [0.25, 0.3) is 11.5 Å². The summed E-state index contributed by atoms with van der Waals surface area (Å²) in [7, 11) is 0. The zero-order valence-electron chi connectivity index (χ0n) is 19.8. The first-order chi connectivity index (χ1) is 18.0. The number of nitrogens with one attached hydrogen (secondary N) is 1. The van der Waals surface area contributed by atoms with E-state index >= 15 is 0 Å². The Kier molecular flexibility index (Phi) is 5.88. The van der Waals surface area contributed by atoms with E-state index in [1.165, 1.54) is 16.7 Å². The Morgan fingerprint density at radius 2 is 1.70 bits per heavy atom. The lowest BCUT2D eigenvalue weighted by molar-refractivity contribution is 0.0747. The number of anilines is 1. The van der Waals surface area contributed by atoms with Gasteiger partial charge in [-0.25, -0.2) is 4.39 Å². The molecule has 1 fully saturated rings. The van der Waals surface area contributed by atoms with E-state index in [9.17, 15) is 14.0 Å². The molecule has 0 bridgehead atoms. The van der Waals surface area contributed by atoms with Crippen molar-refractivity contribution in [2.24, 2.45) is 0 Å². The summed E-state index contributed by atoms with van der Waals surface area (Å²) in [6.45, 7) is 2.85. The topological polar surface area (TPSA) is 79.8 Å². The number of hydrogen-bond donors (Lipinski definition) is 1. The lowest BCUT2D eigenvalue weighted by Crippen LogP contribution is -2.48. The van der Waals surface area contributed by atoms with Gasteiger partial charge in [-0.1, -0.05) is 6.07 Å². The van der Waals surface area contributed by atoms with Crippen molar-refractivity contribution in [1.82, 2.24) is 14.5 Å². The smallest absolute Gasteiger partial charge is 0.262 e. The number of fused-ring (bicyclic) bond motifs is 2. The Morgan fingerprint density at radius 1 is 0.946 bits per heavy atom. The van der Waals surface area contributed by atoms with Gasteiger partial charge in [0.15, 0.2) is 16.3 Å². The number of rotatable bonds is 4. The monoisotopic (exact) mass is 518 g/mol. The molecule has 2 aliphatic rings. The number of benzene rings is 3. The van der Waals surface area contributed by atoms with Crippen LogP contribution in [0, 0.1) is 10.6 Å². The number of hydrogen-bond acceptors (Lipinski definition) is 6. The number of piperazine rings is 1. The molecule has 3 aromatic carbocycles. The highest BCUT2D eigenvalue weighted by molar-refractivity contribution is 7.71. The average Bonchev–Trinajstić information content (AvgIpc) is 3.39. The average molecular weight is 519 g/mol. The summed E-state index contributed by atoms with van der Waals surface area (Å²) in [6, 6.07) is 16.9. The minimum absolute atomic E-state index is 0.107. The fraction of sp³-hybridized carbons (Fsp3) is 0.222. The fourth-order valence-electron chi connectivity index (χ4n) is 4.76. The van der Waals surface area contributed by atoms with Crippen LogP contribution in [0.5, 0.6) is 11.5 Å². The van der Waals surface area contributed by atoms with Crippen molar-refractivity contribution in [2.75, 3.05) is 37.9 Å². The Balaban J connectivity index is 1.20. The first kappa shape index (κ1) is 23.2. The van der Waals surface area contributed by atoms with E-state index in [4.69, 9.17) is 21.7 Å². The van der Waals surface area contributed by atoms with Crippen LogP contribution in [0.2, 0.25) is 0 Å². The molecule has 37 heavy (non-hydrogen) atoms. The van der Waals surface area contributed by atoms with Gasteiger partial charge >= 0.3 is 0 Å². The summed E-state index contributed by atoms with van der Waals surface area (Å²) < 4.78 is 25.8. The molecule has 1 saturated heterocycles. The van der Waals surface area contributed by atoms with Gasteiger partial charge < -0.3 is 24.3 Å². The molecule has 2 aliphatic heterocycles. The Labute approximate surface area is 216 Å². The second-order valence-corrected chi connectivity index (χ2v) is 9.41. The van der Waals surface area contributed by atoms with E-state index in [-0.39, 0.29) is 35.4 Å². The predicted octanol–water partition coefficient (Wildman–Crippen LogP) is 3.94. The molecule has 1 aromatic heterocycles. The fourth-order valence-corrected chi connectivity index (χ4v) is 5.01. The molecule has 8 nitrogen and oxygen atoms in total. The van der Waals surface area contributed by atoms with Gasteiger partial charge in [-0.2, -0.15) is 0 Å². The molecule has 1 N–H and O–H groups in total. The molecule has 0 atom stereocenters. The van der Waals surface area contributed by atoms with Crippen molar-refractivity contribution in [3.05, 3.63) is 92.7 Å². The second kappa shape index (κ2) is 9.36. The number of carbonyl (C=O) groups excluding carboxylic acids is 1. The van der Waals surface area contributed by atoms with Crippen molar-refractivity contribution < 1.29 is 18.7 Å². The van der Waals surface area contributed by atoms with Crippen LogP contribution in [-0.4, -0.2) is 53.3 Å². The molecule has 0 unspecified atom stereocenters. The lowest BCUT2D eigenvalue weighted by Gasteiger charge is -2.36. The van der Waals surface area contributed by atoms with Crippen LogP contribution in [-0.2, 0) is 6.54 Å². The maximum atomic E-state index is 13.3. The number of aromatic amines is 1.